The molecule has 0 aliphatic carbocycles. The summed E-state index contributed by atoms with van der Waals surface area (Å²) in [6, 6.07) is 151. The highest BCUT2D eigenvalue weighted by atomic mass is 31.0. The lowest BCUT2D eigenvalue weighted by Crippen LogP contribution is -2.12. The first-order chi connectivity index (χ1) is 65.0. The molecule has 4 heteroatoms. The van der Waals surface area contributed by atoms with E-state index in [1.54, 1.807) is 0 Å². The molecule has 660 valence electrons. The monoisotopic (exact) mass is 1800 g/mol. The zero-order valence-corrected chi connectivity index (χ0v) is 84.0. The van der Waals surface area contributed by atoms with Gasteiger partial charge in [0.15, 0.2) is 0 Å². The van der Waals surface area contributed by atoms with Crippen LogP contribution in [0.2, 0.25) is 0 Å². The third-order valence-corrected chi connectivity index (χ3v) is 30.6. The standard InChI is InChI=1S/C39H33P.C33H29P.C31H33P.C27H25P/c1-26-20-22-33(28(3)24-26)38-36(31-16-10-6-11-17-31)35(30-14-8-5-9-15-30)37(32-18-12-7-13-19-32)39(40-38)34-23-21-27(2)25-29(34)4;1-22-15-17-28(24(3)19-22)32-30(26-11-7-5-8-12-26)21-31(27-13-9-6-10-14-27)33(34-32)29-18-16-23(2)20-25(29)4;1-30(2,3)26-18-12-10-16-24(26)28-20-23(22-14-8-7-9-15-22)21-29(32-28)25-17-11-13-19-27(25)31(4,5)6;1-3-20-12-8-10-16-24(20)26-18-23(22-14-6-5-7-15-22)19-27(28-26)25-17-11-9-13-21(25)4-2/h5-25H,1-4H3;5-21H,1-4H3;7-21H,1-6H3;5-19H,3-4H2,1-2H3. The van der Waals surface area contributed by atoms with Crippen LogP contribution in [0.15, 0.2) is 413 Å². The highest BCUT2D eigenvalue weighted by Crippen LogP contribution is 2.58. The fourth-order valence-electron chi connectivity index (χ4n) is 18.6. The molecule has 0 N–H and O–H groups in total. The molecule has 0 saturated carbocycles. The minimum absolute atomic E-state index is 0.0878. The summed E-state index contributed by atoms with van der Waals surface area (Å²) in [4.78, 5) is 0. The summed E-state index contributed by atoms with van der Waals surface area (Å²) < 4.78 is 0. The molecule has 134 heavy (non-hydrogen) atoms. The van der Waals surface area contributed by atoms with E-state index in [0.717, 1.165) is 12.8 Å². The highest BCUT2D eigenvalue weighted by Gasteiger charge is 2.28. The van der Waals surface area contributed by atoms with Gasteiger partial charge in [0, 0.05) is 53.5 Å². The van der Waals surface area contributed by atoms with E-state index in [4.69, 9.17) is 0 Å². The minimum atomic E-state index is 0.0878. The maximum Gasteiger partial charge on any atom is 0.0184 e. The number of rotatable bonds is 17. The SMILES string of the molecule is CC(C)(C)c1ccccc1-c1cc(-c2ccccc2)cc(-c2ccccc2C(C)(C)C)p1.CCc1ccccc1-c1cc(-c2ccccc2)cc(-c2ccccc2CC)p1.Cc1ccc(-c2pc(-c3ccc(C)cc3C)c(-c3ccccc3)c(-c3ccccc3)c2-c2ccccc2)c(C)c1.Cc1ccc(-c2pc(-c3ccc(C)cc3C)c(-c3ccccc3)cc2-c2ccccc2)c(C)c1. The fourth-order valence-corrected chi connectivity index (χ4v) is 24.6. The Morgan fingerprint density at radius 1 is 0.179 bits per heavy atom. The molecule has 0 fully saturated rings. The third kappa shape index (κ3) is 21.9. The Hall–Kier alpha value is -13.1. The van der Waals surface area contributed by atoms with Crippen molar-refractivity contribution in [2.75, 3.05) is 0 Å². The van der Waals surface area contributed by atoms with Gasteiger partial charge in [0.2, 0.25) is 0 Å². The Morgan fingerprint density at radius 3 is 0.709 bits per heavy atom. The first-order valence-electron chi connectivity index (χ1n) is 47.2. The van der Waals surface area contributed by atoms with Crippen molar-refractivity contribution in [3.05, 3.63) is 479 Å². The first kappa shape index (κ1) is 94.1. The van der Waals surface area contributed by atoms with Gasteiger partial charge < -0.3 is 0 Å². The zero-order valence-electron chi connectivity index (χ0n) is 80.5. The molecule has 0 bridgehead atoms. The Bertz CT molecular complexity index is 6940. The van der Waals surface area contributed by atoms with Gasteiger partial charge in [-0.1, -0.05) is 493 Å². The van der Waals surface area contributed by atoms with Crippen LogP contribution in [0.1, 0.15) is 122 Å². The van der Waals surface area contributed by atoms with E-state index in [1.165, 1.54) is 264 Å². The van der Waals surface area contributed by atoms with E-state index >= 15 is 0 Å². The Labute approximate surface area is 805 Å². The molecule has 15 aromatic carbocycles. The van der Waals surface area contributed by atoms with Crippen LogP contribution in [0.25, 0.3) is 165 Å². The number of aryl methyl sites for hydroxylation is 10. The second-order valence-electron chi connectivity index (χ2n) is 37.4. The Kier molecular flexibility index (Phi) is 30.1. The zero-order chi connectivity index (χ0) is 93.6. The minimum Gasteiger partial charge on any atom is -0.0622 e. The van der Waals surface area contributed by atoms with E-state index in [0.29, 0.717) is 0 Å². The van der Waals surface area contributed by atoms with Crippen molar-refractivity contribution in [2.24, 2.45) is 0 Å². The van der Waals surface area contributed by atoms with E-state index in [-0.39, 0.29) is 10.8 Å². The van der Waals surface area contributed by atoms with Crippen molar-refractivity contribution in [1.29, 1.82) is 0 Å². The Morgan fingerprint density at radius 2 is 0.418 bits per heavy atom. The van der Waals surface area contributed by atoms with Crippen LogP contribution < -0.4 is 0 Å². The van der Waals surface area contributed by atoms with Gasteiger partial charge in [0.05, 0.1) is 0 Å². The molecule has 0 atom stereocenters. The van der Waals surface area contributed by atoms with Crippen LogP contribution in [0.3, 0.4) is 0 Å². The van der Waals surface area contributed by atoms with Gasteiger partial charge in [-0.25, -0.2) is 0 Å². The summed E-state index contributed by atoms with van der Waals surface area (Å²) in [7, 11) is 4.99. The number of benzene rings is 15. The van der Waals surface area contributed by atoms with Crippen LogP contribution in [-0.4, -0.2) is 0 Å². The van der Waals surface area contributed by atoms with Crippen LogP contribution in [0.5, 0.6) is 0 Å². The molecule has 0 aliphatic heterocycles. The molecule has 0 nitrogen and oxygen atoms in total. The van der Waals surface area contributed by atoms with E-state index < -0.39 is 0 Å². The lowest BCUT2D eigenvalue weighted by Gasteiger charge is -2.25. The summed E-state index contributed by atoms with van der Waals surface area (Å²) in [5, 5.41) is 11.0. The van der Waals surface area contributed by atoms with Crippen LogP contribution in [0.4, 0.5) is 0 Å². The summed E-state index contributed by atoms with van der Waals surface area (Å²) in [6.07, 6.45) is 2.10. The molecule has 0 aliphatic rings. The van der Waals surface area contributed by atoms with Gasteiger partial charge in [0.1, 0.15) is 0 Å². The van der Waals surface area contributed by atoms with E-state index in [1.807, 2.05) is 0 Å². The average Bonchev–Trinajstić information content (AvgIpc) is 0.731. The topological polar surface area (TPSA) is 0 Å². The van der Waals surface area contributed by atoms with Gasteiger partial charge in [-0.15, -0.1) is 0 Å². The van der Waals surface area contributed by atoms with Gasteiger partial charge in [-0.2, -0.15) is 0 Å². The van der Waals surface area contributed by atoms with Gasteiger partial charge >= 0.3 is 0 Å². The second-order valence-corrected chi connectivity index (χ2v) is 42.0. The average molecular weight is 1810 g/mol. The van der Waals surface area contributed by atoms with Crippen molar-refractivity contribution in [2.45, 2.75) is 134 Å². The maximum atomic E-state index is 2.42. The molecular weight excluding hydrogens is 1690 g/mol. The molecule has 4 heterocycles. The van der Waals surface area contributed by atoms with Gasteiger partial charge in [0.25, 0.3) is 0 Å². The molecule has 19 rings (SSSR count). The lowest BCUT2D eigenvalue weighted by atomic mass is 9.83. The molecule has 4 aromatic heterocycles. The van der Waals surface area contributed by atoms with Crippen molar-refractivity contribution in [3.63, 3.8) is 0 Å². The normalized spacial score (nSPS) is 11.2. The summed E-state index contributed by atoms with van der Waals surface area (Å²) in [5.74, 6) is 0. The largest absolute Gasteiger partial charge is 0.0622 e. The van der Waals surface area contributed by atoms with Crippen LogP contribution in [-0.2, 0) is 23.7 Å². The fraction of sp³-hybridized carbons (Fsp3) is 0.154. The number of hydrogen-bond donors (Lipinski definition) is 0. The lowest BCUT2D eigenvalue weighted by molar-refractivity contribution is 0.592. The molecule has 0 spiro atoms. The van der Waals surface area contributed by atoms with Crippen molar-refractivity contribution < 1.29 is 0 Å². The molecule has 0 radical (unpaired) electrons. The van der Waals surface area contributed by atoms with Crippen molar-refractivity contribution in [3.8, 4) is 165 Å². The summed E-state index contributed by atoms with van der Waals surface area (Å²) in [5.41, 5.74) is 44.9. The molecule has 0 saturated heterocycles. The molecule has 19 aromatic rings. The quantitative estimate of drug-likeness (QED) is 0.0852. The predicted molar refractivity (Wildman–Crippen MR) is 591 cm³/mol. The highest BCUT2D eigenvalue weighted by molar-refractivity contribution is 7.39. The smallest absolute Gasteiger partial charge is 0.0184 e. The second kappa shape index (κ2) is 42.8. The van der Waals surface area contributed by atoms with Gasteiger partial charge in [-0.3, -0.25) is 0 Å². The van der Waals surface area contributed by atoms with Crippen molar-refractivity contribution >= 4 is 32.8 Å². The molecular formula is C130H120P4. The van der Waals surface area contributed by atoms with Crippen molar-refractivity contribution in [1.82, 2.24) is 0 Å². The Balaban J connectivity index is 0.000000131. The van der Waals surface area contributed by atoms with Crippen LogP contribution in [0, 0.1) is 55.4 Å². The predicted octanol–water partition coefficient (Wildman–Crippen LogP) is 40.3. The van der Waals surface area contributed by atoms with Crippen LogP contribution >= 0.6 is 32.8 Å². The number of hydrogen-bond acceptors (Lipinski definition) is 0. The van der Waals surface area contributed by atoms with Gasteiger partial charge in [-0.05, 0) is 265 Å². The molecule has 0 unspecified atom stereocenters. The first-order valence-corrected chi connectivity index (χ1v) is 50.8. The summed E-state index contributed by atoms with van der Waals surface area (Å²) in [6.45, 7) is 36.0. The maximum absolute atomic E-state index is 2.42. The molecule has 0 amide bonds. The van der Waals surface area contributed by atoms with E-state index in [9.17, 15) is 0 Å². The van der Waals surface area contributed by atoms with E-state index in [2.05, 4.69) is 523 Å². The summed E-state index contributed by atoms with van der Waals surface area (Å²) >= 11 is 0. The third-order valence-electron chi connectivity index (χ3n) is 25.4.